The first-order chi connectivity index (χ1) is 13.5. The van der Waals surface area contributed by atoms with Crippen molar-refractivity contribution in [2.45, 2.75) is 10.9 Å². The SMILES string of the molecule is COC[C@@H]1CN(S(=O)(=O)c2cccc(OC)c2)[C@H]2c3cc(F)ccc3OC[C@@H]12. The molecular weight excluding hydrogens is 385 g/mol. The molecule has 0 spiro atoms. The van der Waals surface area contributed by atoms with Gasteiger partial charge in [-0.3, -0.25) is 0 Å². The van der Waals surface area contributed by atoms with Crippen LogP contribution in [0.5, 0.6) is 11.5 Å². The first kappa shape index (κ1) is 19.2. The number of ether oxygens (including phenoxy) is 3. The van der Waals surface area contributed by atoms with Crippen LogP contribution < -0.4 is 9.47 Å². The Morgan fingerprint density at radius 2 is 2.04 bits per heavy atom. The molecule has 2 aromatic carbocycles. The number of hydrogen-bond acceptors (Lipinski definition) is 5. The zero-order valence-electron chi connectivity index (χ0n) is 15.7. The highest BCUT2D eigenvalue weighted by Gasteiger charge is 2.51. The molecule has 2 aromatic rings. The Balaban J connectivity index is 1.81. The number of benzene rings is 2. The molecule has 0 amide bonds. The normalized spacial score (nSPS) is 24.3. The lowest BCUT2D eigenvalue weighted by Crippen LogP contribution is -2.35. The molecule has 0 bridgehead atoms. The van der Waals surface area contributed by atoms with E-state index in [1.54, 1.807) is 31.4 Å². The molecule has 2 aliphatic rings. The van der Waals surface area contributed by atoms with Gasteiger partial charge in [0.05, 0.1) is 31.3 Å². The monoisotopic (exact) mass is 407 g/mol. The fourth-order valence-corrected chi connectivity index (χ4v) is 5.91. The van der Waals surface area contributed by atoms with Crippen molar-refractivity contribution in [1.29, 1.82) is 0 Å². The molecule has 2 heterocycles. The van der Waals surface area contributed by atoms with Gasteiger partial charge in [0.25, 0.3) is 0 Å². The minimum Gasteiger partial charge on any atom is -0.497 e. The predicted molar refractivity (Wildman–Crippen MR) is 100 cm³/mol. The Morgan fingerprint density at radius 3 is 2.79 bits per heavy atom. The third-order valence-electron chi connectivity index (χ3n) is 5.49. The molecule has 0 radical (unpaired) electrons. The molecular formula is C20H22FNO5S. The molecule has 6 nitrogen and oxygen atoms in total. The largest absolute Gasteiger partial charge is 0.497 e. The second-order valence-corrected chi connectivity index (χ2v) is 8.96. The van der Waals surface area contributed by atoms with Crippen LogP contribution in [0.3, 0.4) is 0 Å². The lowest BCUT2D eigenvalue weighted by molar-refractivity contribution is 0.101. The van der Waals surface area contributed by atoms with Crippen LogP contribution >= 0.6 is 0 Å². The molecule has 0 unspecified atom stereocenters. The van der Waals surface area contributed by atoms with E-state index in [9.17, 15) is 12.8 Å². The molecule has 150 valence electrons. The van der Waals surface area contributed by atoms with E-state index in [0.29, 0.717) is 30.3 Å². The number of rotatable bonds is 5. The van der Waals surface area contributed by atoms with E-state index < -0.39 is 21.9 Å². The Kier molecular flexibility index (Phi) is 5.03. The highest BCUT2D eigenvalue weighted by molar-refractivity contribution is 7.89. The summed E-state index contributed by atoms with van der Waals surface area (Å²) in [7, 11) is -0.750. The topological polar surface area (TPSA) is 65.1 Å². The second kappa shape index (κ2) is 7.35. The van der Waals surface area contributed by atoms with Gasteiger partial charge in [-0.1, -0.05) is 6.07 Å². The Bertz CT molecular complexity index is 980. The van der Waals surface area contributed by atoms with Crippen LogP contribution in [0.15, 0.2) is 47.4 Å². The summed E-state index contributed by atoms with van der Waals surface area (Å²) < 4.78 is 58.7. The predicted octanol–water partition coefficient (Wildman–Crippen LogP) is 2.85. The third-order valence-corrected chi connectivity index (χ3v) is 7.33. The fraction of sp³-hybridized carbons (Fsp3) is 0.400. The van der Waals surface area contributed by atoms with Crippen molar-refractivity contribution in [2.24, 2.45) is 11.8 Å². The van der Waals surface area contributed by atoms with Gasteiger partial charge in [0.15, 0.2) is 0 Å². The molecule has 0 saturated carbocycles. The van der Waals surface area contributed by atoms with Crippen LogP contribution in [0.2, 0.25) is 0 Å². The number of hydrogen-bond donors (Lipinski definition) is 0. The van der Waals surface area contributed by atoms with Crippen molar-refractivity contribution in [1.82, 2.24) is 4.31 Å². The first-order valence-corrected chi connectivity index (χ1v) is 10.5. The highest BCUT2D eigenvalue weighted by atomic mass is 32.2. The van der Waals surface area contributed by atoms with E-state index in [-0.39, 0.29) is 23.3 Å². The third kappa shape index (κ3) is 3.15. The van der Waals surface area contributed by atoms with Crippen molar-refractivity contribution in [3.05, 3.63) is 53.8 Å². The number of sulfonamides is 1. The maximum Gasteiger partial charge on any atom is 0.243 e. The van der Waals surface area contributed by atoms with Crippen molar-refractivity contribution in [3.8, 4) is 11.5 Å². The molecule has 28 heavy (non-hydrogen) atoms. The van der Waals surface area contributed by atoms with E-state index in [1.807, 2.05) is 0 Å². The zero-order valence-corrected chi connectivity index (χ0v) is 16.5. The van der Waals surface area contributed by atoms with E-state index in [1.165, 1.54) is 29.6 Å². The van der Waals surface area contributed by atoms with Crippen molar-refractivity contribution < 1.29 is 27.0 Å². The molecule has 2 aliphatic heterocycles. The van der Waals surface area contributed by atoms with E-state index in [0.717, 1.165) is 0 Å². The van der Waals surface area contributed by atoms with Gasteiger partial charge >= 0.3 is 0 Å². The van der Waals surface area contributed by atoms with Crippen LogP contribution in [0.4, 0.5) is 4.39 Å². The first-order valence-electron chi connectivity index (χ1n) is 9.03. The molecule has 0 aromatic heterocycles. The number of halogens is 1. The summed E-state index contributed by atoms with van der Waals surface area (Å²) >= 11 is 0. The van der Waals surface area contributed by atoms with Gasteiger partial charge in [0.1, 0.15) is 17.3 Å². The van der Waals surface area contributed by atoms with E-state index in [4.69, 9.17) is 14.2 Å². The van der Waals surface area contributed by atoms with E-state index >= 15 is 0 Å². The highest BCUT2D eigenvalue weighted by Crippen LogP contribution is 2.49. The molecule has 1 saturated heterocycles. The van der Waals surface area contributed by atoms with Gasteiger partial charge < -0.3 is 14.2 Å². The standard InChI is InChI=1S/C20H22FNO5S/c1-25-11-13-10-22(28(23,24)16-5-3-4-15(9-16)26-2)20-17-8-14(21)6-7-19(17)27-12-18(13)20/h3-9,13,18,20H,10-12H2,1-2H3/t13-,18-,20-/m0/s1. The molecule has 8 heteroatoms. The lowest BCUT2D eigenvalue weighted by atomic mass is 9.86. The molecule has 3 atom stereocenters. The second-order valence-electron chi connectivity index (χ2n) is 7.07. The van der Waals surface area contributed by atoms with Gasteiger partial charge in [-0.15, -0.1) is 0 Å². The fourth-order valence-electron chi connectivity index (χ4n) is 4.17. The minimum atomic E-state index is -3.83. The lowest BCUT2D eigenvalue weighted by Gasteiger charge is -2.34. The van der Waals surface area contributed by atoms with Gasteiger partial charge in [-0.05, 0) is 30.3 Å². The summed E-state index contributed by atoms with van der Waals surface area (Å²) in [4.78, 5) is 0.146. The average Bonchev–Trinajstić information content (AvgIpc) is 3.08. The Labute approximate surface area is 163 Å². The zero-order chi connectivity index (χ0) is 19.9. The van der Waals surface area contributed by atoms with E-state index in [2.05, 4.69) is 0 Å². The minimum absolute atomic E-state index is 0.0493. The van der Waals surface area contributed by atoms with Crippen LogP contribution in [0.1, 0.15) is 11.6 Å². The van der Waals surface area contributed by atoms with Crippen LogP contribution in [0, 0.1) is 17.7 Å². The molecule has 4 rings (SSSR count). The maximum atomic E-state index is 14.0. The molecule has 0 N–H and O–H groups in total. The van der Waals surface area contributed by atoms with Crippen molar-refractivity contribution in [2.75, 3.05) is 34.0 Å². The van der Waals surface area contributed by atoms with Crippen LogP contribution in [0.25, 0.3) is 0 Å². The van der Waals surface area contributed by atoms with Crippen molar-refractivity contribution >= 4 is 10.0 Å². The van der Waals surface area contributed by atoms with Gasteiger partial charge in [0, 0.05) is 37.1 Å². The van der Waals surface area contributed by atoms with Crippen LogP contribution in [-0.2, 0) is 14.8 Å². The summed E-state index contributed by atoms with van der Waals surface area (Å²) in [6.45, 7) is 1.04. The molecule has 0 aliphatic carbocycles. The van der Waals surface area contributed by atoms with Gasteiger partial charge in [0.2, 0.25) is 10.0 Å². The summed E-state index contributed by atoms with van der Waals surface area (Å²) in [5, 5.41) is 0. The van der Waals surface area contributed by atoms with Crippen molar-refractivity contribution in [3.63, 3.8) is 0 Å². The summed E-state index contributed by atoms with van der Waals surface area (Å²) in [6, 6.07) is 10.1. The summed E-state index contributed by atoms with van der Waals surface area (Å²) in [5.74, 6) is 0.397. The Hall–Kier alpha value is -2.16. The smallest absolute Gasteiger partial charge is 0.243 e. The van der Waals surface area contributed by atoms with Crippen LogP contribution in [-0.4, -0.2) is 46.7 Å². The maximum absolute atomic E-state index is 14.0. The average molecular weight is 407 g/mol. The summed E-state index contributed by atoms with van der Waals surface area (Å²) in [5.41, 5.74) is 0.557. The number of methoxy groups -OCH3 is 2. The summed E-state index contributed by atoms with van der Waals surface area (Å²) in [6.07, 6.45) is 0. The van der Waals surface area contributed by atoms with Gasteiger partial charge in [-0.25, -0.2) is 12.8 Å². The Morgan fingerprint density at radius 1 is 1.21 bits per heavy atom. The molecule has 1 fully saturated rings. The quantitative estimate of drug-likeness (QED) is 0.763. The number of nitrogens with zero attached hydrogens (tertiary/aromatic N) is 1. The number of fused-ring (bicyclic) bond motifs is 3. The van der Waals surface area contributed by atoms with Gasteiger partial charge in [-0.2, -0.15) is 4.31 Å².